The lowest BCUT2D eigenvalue weighted by molar-refractivity contribution is -0.151. The number of sulfone groups is 1. The molecular weight excluding hydrogens is 272 g/mol. The SMILES string of the molecule is CC(C(=O)O)C1CN(C(=O)C(N)CCS(C)(=O)=O)C1. The molecule has 2 unspecified atom stereocenters. The van der Waals surface area contributed by atoms with Crippen molar-refractivity contribution in [2.75, 3.05) is 25.1 Å². The molecule has 0 aliphatic carbocycles. The second kappa shape index (κ2) is 5.87. The van der Waals surface area contributed by atoms with Gasteiger partial charge in [-0.2, -0.15) is 0 Å². The Balaban J connectivity index is 2.39. The standard InChI is InChI=1S/C11H20N2O5S/c1-7(11(15)16)8-5-13(6-8)10(14)9(12)3-4-19(2,17)18/h7-9H,3-6,12H2,1-2H3,(H,15,16). The van der Waals surface area contributed by atoms with E-state index >= 15 is 0 Å². The number of carboxylic acids is 1. The number of carbonyl (C=O) groups is 2. The van der Waals surface area contributed by atoms with Gasteiger partial charge in [-0.1, -0.05) is 6.92 Å². The van der Waals surface area contributed by atoms with Gasteiger partial charge in [-0.15, -0.1) is 0 Å². The fraction of sp³-hybridized carbons (Fsp3) is 0.818. The van der Waals surface area contributed by atoms with Crippen LogP contribution in [0.5, 0.6) is 0 Å². The molecule has 0 spiro atoms. The molecule has 1 aliphatic heterocycles. The lowest BCUT2D eigenvalue weighted by atomic mass is 9.86. The summed E-state index contributed by atoms with van der Waals surface area (Å²) in [5.74, 6) is -1.85. The summed E-state index contributed by atoms with van der Waals surface area (Å²) in [6.45, 7) is 2.36. The number of aliphatic carboxylic acids is 1. The molecule has 1 saturated heterocycles. The predicted molar refractivity (Wildman–Crippen MR) is 69.2 cm³/mol. The van der Waals surface area contributed by atoms with Crippen molar-refractivity contribution in [2.24, 2.45) is 17.6 Å². The average Bonchev–Trinajstić information content (AvgIpc) is 2.22. The van der Waals surface area contributed by atoms with Crippen LogP contribution < -0.4 is 5.73 Å². The van der Waals surface area contributed by atoms with Crippen molar-refractivity contribution >= 4 is 21.7 Å². The number of rotatable bonds is 6. The molecule has 19 heavy (non-hydrogen) atoms. The van der Waals surface area contributed by atoms with Gasteiger partial charge >= 0.3 is 5.97 Å². The van der Waals surface area contributed by atoms with Gasteiger partial charge in [0.2, 0.25) is 5.91 Å². The minimum Gasteiger partial charge on any atom is -0.481 e. The largest absolute Gasteiger partial charge is 0.481 e. The van der Waals surface area contributed by atoms with E-state index in [9.17, 15) is 18.0 Å². The van der Waals surface area contributed by atoms with Crippen molar-refractivity contribution < 1.29 is 23.1 Å². The second-order valence-corrected chi connectivity index (χ2v) is 7.42. The Labute approximate surface area is 112 Å². The molecule has 110 valence electrons. The summed E-state index contributed by atoms with van der Waals surface area (Å²) in [4.78, 5) is 24.1. The first-order valence-corrected chi connectivity index (χ1v) is 8.12. The molecular formula is C11H20N2O5S. The molecule has 1 fully saturated rings. The van der Waals surface area contributed by atoms with Gasteiger partial charge in [0.15, 0.2) is 0 Å². The molecule has 1 heterocycles. The Morgan fingerprint density at radius 1 is 1.42 bits per heavy atom. The van der Waals surface area contributed by atoms with Crippen molar-refractivity contribution in [1.82, 2.24) is 4.90 Å². The Hall–Kier alpha value is -1.15. The molecule has 7 nitrogen and oxygen atoms in total. The van der Waals surface area contributed by atoms with Crippen molar-refractivity contribution in [1.29, 1.82) is 0 Å². The van der Waals surface area contributed by atoms with E-state index < -0.39 is 27.8 Å². The zero-order valence-corrected chi connectivity index (χ0v) is 11.9. The van der Waals surface area contributed by atoms with Crippen molar-refractivity contribution in [2.45, 2.75) is 19.4 Å². The topological polar surface area (TPSA) is 118 Å². The van der Waals surface area contributed by atoms with E-state index in [4.69, 9.17) is 10.8 Å². The molecule has 0 aromatic carbocycles. The van der Waals surface area contributed by atoms with Crippen LogP contribution in [0, 0.1) is 11.8 Å². The van der Waals surface area contributed by atoms with Crippen molar-refractivity contribution in [3.8, 4) is 0 Å². The van der Waals surface area contributed by atoms with Gasteiger partial charge in [0.1, 0.15) is 9.84 Å². The summed E-state index contributed by atoms with van der Waals surface area (Å²) in [5, 5.41) is 8.83. The van der Waals surface area contributed by atoms with Crippen LogP contribution in [0.4, 0.5) is 0 Å². The quantitative estimate of drug-likeness (QED) is 0.643. The van der Waals surface area contributed by atoms with E-state index in [0.717, 1.165) is 6.26 Å². The Kier molecular flexibility index (Phi) is 4.92. The Morgan fingerprint density at radius 2 is 1.95 bits per heavy atom. The lowest BCUT2D eigenvalue weighted by Gasteiger charge is -2.42. The predicted octanol–water partition coefficient (Wildman–Crippen LogP) is -1.07. The van der Waals surface area contributed by atoms with Gasteiger partial charge in [-0.25, -0.2) is 8.42 Å². The van der Waals surface area contributed by atoms with E-state index in [0.29, 0.717) is 13.1 Å². The average molecular weight is 292 g/mol. The summed E-state index contributed by atoms with van der Waals surface area (Å²) in [6, 6.07) is -0.837. The summed E-state index contributed by atoms with van der Waals surface area (Å²) in [5.41, 5.74) is 5.64. The van der Waals surface area contributed by atoms with Gasteiger partial charge in [0, 0.05) is 25.3 Å². The fourth-order valence-corrected chi connectivity index (χ4v) is 2.59. The van der Waals surface area contributed by atoms with Gasteiger partial charge in [-0.05, 0) is 6.42 Å². The highest BCUT2D eigenvalue weighted by atomic mass is 32.2. The molecule has 2 atom stereocenters. The molecule has 0 radical (unpaired) electrons. The zero-order chi connectivity index (χ0) is 14.8. The second-order valence-electron chi connectivity index (χ2n) is 5.16. The number of carbonyl (C=O) groups excluding carboxylic acids is 1. The highest BCUT2D eigenvalue weighted by Crippen LogP contribution is 2.24. The summed E-state index contributed by atoms with van der Waals surface area (Å²) in [7, 11) is -3.13. The van der Waals surface area contributed by atoms with E-state index in [1.807, 2.05) is 0 Å². The van der Waals surface area contributed by atoms with E-state index in [1.54, 1.807) is 6.92 Å². The van der Waals surface area contributed by atoms with Crippen LogP contribution in [0.2, 0.25) is 0 Å². The molecule has 1 amide bonds. The number of nitrogens with two attached hydrogens (primary N) is 1. The maximum absolute atomic E-state index is 11.8. The first-order valence-electron chi connectivity index (χ1n) is 6.06. The van der Waals surface area contributed by atoms with Gasteiger partial charge in [0.05, 0.1) is 17.7 Å². The highest BCUT2D eigenvalue weighted by Gasteiger charge is 2.38. The van der Waals surface area contributed by atoms with Crippen molar-refractivity contribution in [3.05, 3.63) is 0 Å². The number of hydrogen-bond donors (Lipinski definition) is 2. The number of carboxylic acid groups (broad SMARTS) is 1. The smallest absolute Gasteiger partial charge is 0.306 e. The van der Waals surface area contributed by atoms with Crippen LogP contribution in [0.15, 0.2) is 0 Å². The molecule has 0 aromatic rings. The number of nitrogens with zero attached hydrogens (tertiary/aromatic N) is 1. The molecule has 1 aliphatic rings. The van der Waals surface area contributed by atoms with Gasteiger partial charge in [-0.3, -0.25) is 9.59 Å². The third kappa shape index (κ3) is 4.46. The first-order chi connectivity index (χ1) is 8.61. The highest BCUT2D eigenvalue weighted by molar-refractivity contribution is 7.90. The third-order valence-electron chi connectivity index (χ3n) is 3.43. The molecule has 8 heteroatoms. The summed E-state index contributed by atoms with van der Waals surface area (Å²) >= 11 is 0. The Morgan fingerprint density at radius 3 is 2.37 bits per heavy atom. The van der Waals surface area contributed by atoms with Crippen molar-refractivity contribution in [3.63, 3.8) is 0 Å². The fourth-order valence-electron chi connectivity index (χ4n) is 1.91. The van der Waals surface area contributed by atoms with Crippen LogP contribution in [0.25, 0.3) is 0 Å². The van der Waals surface area contributed by atoms with Crippen LogP contribution in [-0.4, -0.2) is 61.4 Å². The molecule has 0 bridgehead atoms. The first kappa shape index (κ1) is 15.9. The summed E-state index contributed by atoms with van der Waals surface area (Å²) in [6.07, 6.45) is 1.19. The number of amides is 1. The molecule has 0 aromatic heterocycles. The minimum absolute atomic E-state index is 0.0523. The summed E-state index contributed by atoms with van der Waals surface area (Å²) < 4.78 is 22.0. The molecule has 3 N–H and O–H groups in total. The number of likely N-dealkylation sites (tertiary alicyclic amines) is 1. The monoisotopic (exact) mass is 292 g/mol. The van der Waals surface area contributed by atoms with Gasteiger partial charge < -0.3 is 15.7 Å². The normalized spacial score (nSPS) is 19.6. The number of hydrogen-bond acceptors (Lipinski definition) is 5. The molecule has 0 saturated carbocycles. The van der Waals surface area contributed by atoms with E-state index in [2.05, 4.69) is 0 Å². The maximum atomic E-state index is 11.8. The van der Waals surface area contributed by atoms with Gasteiger partial charge in [0.25, 0.3) is 0 Å². The van der Waals surface area contributed by atoms with Crippen LogP contribution in [0.1, 0.15) is 13.3 Å². The lowest BCUT2D eigenvalue weighted by Crippen LogP contribution is -2.57. The maximum Gasteiger partial charge on any atom is 0.306 e. The zero-order valence-electron chi connectivity index (χ0n) is 11.1. The Bertz CT molecular complexity index is 456. The van der Waals surface area contributed by atoms with E-state index in [1.165, 1.54) is 4.90 Å². The third-order valence-corrected chi connectivity index (χ3v) is 4.41. The van der Waals surface area contributed by atoms with Crippen LogP contribution in [-0.2, 0) is 19.4 Å². The minimum atomic E-state index is -3.13. The van der Waals surface area contributed by atoms with E-state index in [-0.39, 0.29) is 24.0 Å². The van der Waals surface area contributed by atoms with Crippen LogP contribution >= 0.6 is 0 Å². The van der Waals surface area contributed by atoms with Crippen LogP contribution in [0.3, 0.4) is 0 Å². The molecule has 1 rings (SSSR count).